The van der Waals surface area contributed by atoms with Crippen molar-refractivity contribution >= 4 is 33.4 Å². The number of carboxylic acids is 1. The van der Waals surface area contributed by atoms with E-state index in [4.69, 9.17) is 5.11 Å². The number of rotatable bonds is 5. The Labute approximate surface area is 119 Å². The third kappa shape index (κ3) is 3.15. The summed E-state index contributed by atoms with van der Waals surface area (Å²) in [6.45, 7) is -0.312. The molecule has 9 heteroatoms. The monoisotopic (exact) mass is 321 g/mol. The topological polar surface area (TPSA) is 91.8 Å². The van der Waals surface area contributed by atoms with E-state index in [9.17, 15) is 21.9 Å². The van der Waals surface area contributed by atoms with Gasteiger partial charge in [-0.2, -0.15) is 8.42 Å². The zero-order valence-corrected chi connectivity index (χ0v) is 11.9. The maximum atomic E-state index is 13.0. The number of amides is 1. The third-order valence-corrected chi connectivity index (χ3v) is 5.22. The molecule has 1 amide bonds. The normalized spacial score (nSPS) is 21.1. The fourth-order valence-corrected chi connectivity index (χ4v) is 3.72. The van der Waals surface area contributed by atoms with E-state index in [2.05, 4.69) is 0 Å². The van der Waals surface area contributed by atoms with Crippen LogP contribution >= 0.6 is 11.3 Å². The minimum atomic E-state index is -4.81. The summed E-state index contributed by atoms with van der Waals surface area (Å²) in [6, 6.07) is 2.62. The summed E-state index contributed by atoms with van der Waals surface area (Å²) in [7, 11) is -4.81. The molecule has 0 aliphatic carbocycles. The molecule has 2 heterocycles. The molecule has 1 aliphatic rings. The molecule has 2 unspecified atom stereocenters. The highest BCUT2D eigenvalue weighted by Gasteiger charge is 2.42. The maximum Gasteiger partial charge on any atom is 0.307 e. The molecule has 1 aliphatic heterocycles. The van der Waals surface area contributed by atoms with Crippen molar-refractivity contribution in [3.63, 3.8) is 0 Å². The van der Waals surface area contributed by atoms with Crippen molar-refractivity contribution in [1.82, 2.24) is 4.90 Å². The number of carboxylic acid groups (broad SMARTS) is 1. The van der Waals surface area contributed by atoms with Gasteiger partial charge in [0.1, 0.15) is 5.25 Å². The first kappa shape index (κ1) is 14.9. The molecule has 1 aromatic rings. The second-order valence-corrected chi connectivity index (χ2v) is 7.07. The summed E-state index contributed by atoms with van der Waals surface area (Å²) in [5.74, 6) is -1.65. The highest BCUT2D eigenvalue weighted by Crippen LogP contribution is 2.33. The minimum Gasteiger partial charge on any atom is -0.481 e. The molecule has 6 nitrogen and oxygen atoms in total. The Morgan fingerprint density at radius 2 is 2.30 bits per heavy atom. The first-order chi connectivity index (χ1) is 9.29. The van der Waals surface area contributed by atoms with E-state index in [-0.39, 0.29) is 13.0 Å². The molecule has 1 fully saturated rings. The first-order valence-corrected chi connectivity index (χ1v) is 8.10. The summed E-state index contributed by atoms with van der Waals surface area (Å²) in [6.07, 6.45) is -0.786. The molecule has 20 heavy (non-hydrogen) atoms. The van der Waals surface area contributed by atoms with Gasteiger partial charge in [0, 0.05) is 17.8 Å². The van der Waals surface area contributed by atoms with Crippen molar-refractivity contribution in [3.05, 3.63) is 22.4 Å². The summed E-state index contributed by atoms with van der Waals surface area (Å²) in [5, 5.41) is 9.25. The largest absolute Gasteiger partial charge is 0.481 e. The molecule has 2 atom stereocenters. The van der Waals surface area contributed by atoms with Crippen molar-refractivity contribution in [3.8, 4) is 0 Å². The van der Waals surface area contributed by atoms with Gasteiger partial charge in [0.05, 0.1) is 12.5 Å². The Bertz CT molecular complexity index is 613. The van der Waals surface area contributed by atoms with E-state index in [1.807, 2.05) is 0 Å². The molecule has 2 rings (SSSR count). The lowest BCUT2D eigenvalue weighted by Gasteiger charge is -2.25. The van der Waals surface area contributed by atoms with Gasteiger partial charge in [-0.3, -0.25) is 9.59 Å². The number of carbonyl (C=O) groups is 2. The van der Waals surface area contributed by atoms with Gasteiger partial charge >= 0.3 is 16.2 Å². The second-order valence-electron chi connectivity index (χ2n) is 4.48. The van der Waals surface area contributed by atoms with Gasteiger partial charge in [0.15, 0.2) is 0 Å². The van der Waals surface area contributed by atoms with Crippen LogP contribution in [0.15, 0.2) is 17.5 Å². The Hall–Kier alpha value is -1.48. The SMILES string of the molecule is O=C(O)CC(c1cccs1)N1CC(S(=O)(=O)F)CC1=O. The van der Waals surface area contributed by atoms with Crippen LogP contribution in [0, 0.1) is 0 Å². The van der Waals surface area contributed by atoms with Gasteiger partial charge in [0.25, 0.3) is 0 Å². The number of aliphatic carboxylic acids is 1. The van der Waals surface area contributed by atoms with Crippen LogP contribution in [0.4, 0.5) is 3.89 Å². The number of likely N-dealkylation sites (tertiary alicyclic amines) is 1. The van der Waals surface area contributed by atoms with Crippen LogP contribution in [-0.4, -0.2) is 42.1 Å². The number of carbonyl (C=O) groups excluding carboxylic acids is 1. The predicted molar refractivity (Wildman–Crippen MR) is 69.5 cm³/mol. The summed E-state index contributed by atoms with van der Waals surface area (Å²) >= 11 is 1.27. The lowest BCUT2D eigenvalue weighted by molar-refractivity contribution is -0.139. The molecule has 0 radical (unpaired) electrons. The van der Waals surface area contributed by atoms with E-state index in [0.717, 1.165) is 4.90 Å². The Morgan fingerprint density at radius 1 is 1.60 bits per heavy atom. The molecule has 0 aromatic carbocycles. The highest BCUT2D eigenvalue weighted by atomic mass is 32.3. The number of hydrogen-bond acceptors (Lipinski definition) is 5. The average Bonchev–Trinajstić information content (AvgIpc) is 2.93. The van der Waals surface area contributed by atoms with E-state index in [1.165, 1.54) is 11.3 Å². The van der Waals surface area contributed by atoms with Crippen LogP contribution in [0.5, 0.6) is 0 Å². The third-order valence-electron chi connectivity index (χ3n) is 3.14. The zero-order valence-electron chi connectivity index (χ0n) is 10.2. The fraction of sp³-hybridized carbons (Fsp3) is 0.455. The van der Waals surface area contributed by atoms with Crippen LogP contribution < -0.4 is 0 Å². The summed E-state index contributed by atoms with van der Waals surface area (Å²) in [5.41, 5.74) is 0. The van der Waals surface area contributed by atoms with Crippen molar-refractivity contribution < 1.29 is 27.0 Å². The fourth-order valence-electron chi connectivity index (χ4n) is 2.20. The van der Waals surface area contributed by atoms with Gasteiger partial charge in [-0.15, -0.1) is 15.2 Å². The van der Waals surface area contributed by atoms with E-state index in [1.54, 1.807) is 17.5 Å². The summed E-state index contributed by atoms with van der Waals surface area (Å²) < 4.78 is 34.8. The molecule has 0 bridgehead atoms. The van der Waals surface area contributed by atoms with Crippen molar-refractivity contribution in [2.24, 2.45) is 0 Å². The molecule has 0 saturated carbocycles. The van der Waals surface area contributed by atoms with Crippen LogP contribution in [0.1, 0.15) is 23.8 Å². The first-order valence-electron chi connectivity index (χ1n) is 5.77. The van der Waals surface area contributed by atoms with Crippen LogP contribution in [0.3, 0.4) is 0 Å². The van der Waals surface area contributed by atoms with Crippen LogP contribution in [0.2, 0.25) is 0 Å². The zero-order chi connectivity index (χ0) is 14.9. The van der Waals surface area contributed by atoms with Crippen LogP contribution in [0.25, 0.3) is 0 Å². The highest BCUT2D eigenvalue weighted by molar-refractivity contribution is 7.87. The van der Waals surface area contributed by atoms with Gasteiger partial charge in [-0.05, 0) is 11.4 Å². The average molecular weight is 321 g/mol. The van der Waals surface area contributed by atoms with E-state index < -0.39 is 39.8 Å². The second kappa shape index (κ2) is 5.49. The maximum absolute atomic E-state index is 13.0. The lowest BCUT2D eigenvalue weighted by Crippen LogP contribution is -2.32. The van der Waals surface area contributed by atoms with E-state index >= 15 is 0 Å². The quantitative estimate of drug-likeness (QED) is 0.822. The Kier molecular flexibility index (Phi) is 4.09. The Morgan fingerprint density at radius 3 is 2.75 bits per heavy atom. The number of hydrogen-bond donors (Lipinski definition) is 1. The number of halogens is 1. The molecule has 1 saturated heterocycles. The molecule has 0 spiro atoms. The predicted octanol–water partition coefficient (Wildman–Crippen LogP) is 1.16. The van der Waals surface area contributed by atoms with Crippen LogP contribution in [-0.2, 0) is 19.8 Å². The molecule has 1 N–H and O–H groups in total. The smallest absolute Gasteiger partial charge is 0.307 e. The van der Waals surface area contributed by atoms with Gasteiger partial charge < -0.3 is 10.0 Å². The van der Waals surface area contributed by atoms with E-state index in [0.29, 0.717) is 4.88 Å². The Balaban J connectivity index is 2.26. The molecular formula is C11H12FNO5S2. The van der Waals surface area contributed by atoms with Gasteiger partial charge in [0.2, 0.25) is 5.91 Å². The lowest BCUT2D eigenvalue weighted by atomic mass is 10.1. The minimum absolute atomic E-state index is 0.312. The number of nitrogens with zero attached hydrogens (tertiary/aromatic N) is 1. The number of thiophene rings is 1. The molecular weight excluding hydrogens is 309 g/mol. The van der Waals surface area contributed by atoms with Gasteiger partial charge in [-0.1, -0.05) is 6.07 Å². The van der Waals surface area contributed by atoms with Crippen molar-refractivity contribution in [2.45, 2.75) is 24.1 Å². The standard InChI is InChI=1S/C11H12FNO5S2/c12-20(17,18)7-4-10(14)13(6-7)8(5-11(15)16)9-2-1-3-19-9/h1-3,7-8H,4-6H2,(H,15,16). The van der Waals surface area contributed by atoms with Crippen molar-refractivity contribution in [1.29, 1.82) is 0 Å². The van der Waals surface area contributed by atoms with Crippen molar-refractivity contribution in [2.75, 3.05) is 6.54 Å². The molecule has 110 valence electrons. The molecule has 1 aromatic heterocycles. The van der Waals surface area contributed by atoms with Gasteiger partial charge in [-0.25, -0.2) is 0 Å². The summed E-state index contributed by atoms with van der Waals surface area (Å²) in [4.78, 5) is 24.6.